The highest BCUT2D eigenvalue weighted by atomic mass is 32.2. The van der Waals surface area contributed by atoms with Crippen molar-refractivity contribution in [1.29, 1.82) is 0 Å². The van der Waals surface area contributed by atoms with E-state index >= 15 is 0 Å². The number of likely N-dealkylation sites (tertiary alicyclic amines) is 1. The van der Waals surface area contributed by atoms with E-state index in [2.05, 4.69) is 5.32 Å². The molecule has 2 fully saturated rings. The highest BCUT2D eigenvalue weighted by molar-refractivity contribution is 8.00. The molecule has 0 aromatic rings. The third-order valence-electron chi connectivity index (χ3n) is 3.95. The number of hydrogen-bond acceptors (Lipinski definition) is 4. The number of amides is 1. The third-order valence-corrected chi connectivity index (χ3v) is 5.31. The molecule has 0 bridgehead atoms. The average Bonchev–Trinajstić information content (AvgIpc) is 2.46. The van der Waals surface area contributed by atoms with Gasteiger partial charge in [-0.25, -0.2) is 0 Å². The maximum absolute atomic E-state index is 12.1. The molecule has 0 spiro atoms. The molecule has 2 saturated heterocycles. The minimum Gasteiger partial charge on any atom is -0.396 e. The molecule has 2 heterocycles. The second-order valence-corrected chi connectivity index (χ2v) is 6.56. The number of hydrogen-bond donors (Lipinski definition) is 2. The largest absolute Gasteiger partial charge is 0.396 e. The summed E-state index contributed by atoms with van der Waals surface area (Å²) in [6, 6.07) is 0. The van der Waals surface area contributed by atoms with Crippen molar-refractivity contribution in [2.45, 2.75) is 30.9 Å². The van der Waals surface area contributed by atoms with Crippen molar-refractivity contribution in [3.8, 4) is 0 Å². The molecule has 2 aliphatic heterocycles. The van der Waals surface area contributed by atoms with Gasteiger partial charge in [-0.05, 0) is 44.7 Å². The van der Waals surface area contributed by atoms with Crippen LogP contribution in [-0.2, 0) is 4.79 Å². The Balaban J connectivity index is 1.65. The normalized spacial score (nSPS) is 23.3. The number of rotatable bonds is 4. The zero-order valence-corrected chi connectivity index (χ0v) is 11.8. The van der Waals surface area contributed by atoms with Crippen molar-refractivity contribution in [2.75, 3.05) is 38.5 Å². The van der Waals surface area contributed by atoms with E-state index < -0.39 is 0 Å². The van der Waals surface area contributed by atoms with Crippen LogP contribution in [0.3, 0.4) is 0 Å². The number of nitrogens with one attached hydrogen (secondary N) is 1. The van der Waals surface area contributed by atoms with Crippen LogP contribution < -0.4 is 5.32 Å². The molecule has 0 unspecified atom stereocenters. The summed E-state index contributed by atoms with van der Waals surface area (Å²) in [5.74, 6) is 1.33. The minimum atomic E-state index is 0.270. The number of aliphatic hydroxyl groups is 1. The lowest BCUT2D eigenvalue weighted by molar-refractivity contribution is -0.129. The number of thioether (sulfide) groups is 1. The summed E-state index contributed by atoms with van der Waals surface area (Å²) in [5.41, 5.74) is 0. The number of carbonyl (C=O) groups excluding carboxylic acids is 1. The molecule has 0 aromatic heterocycles. The number of carbonyl (C=O) groups is 1. The third kappa shape index (κ3) is 4.14. The summed E-state index contributed by atoms with van der Waals surface area (Å²) in [5, 5.41) is 13.1. The van der Waals surface area contributed by atoms with Crippen molar-refractivity contribution in [3.05, 3.63) is 0 Å². The van der Waals surface area contributed by atoms with E-state index in [4.69, 9.17) is 5.11 Å². The van der Waals surface area contributed by atoms with Crippen molar-refractivity contribution in [3.63, 3.8) is 0 Å². The Hall–Kier alpha value is -0.260. The SMILES string of the molecule is O=C(CSC1CCNCC1)N1CCC(CO)CC1. The summed E-state index contributed by atoms with van der Waals surface area (Å²) in [7, 11) is 0. The van der Waals surface area contributed by atoms with Crippen LogP contribution in [0.5, 0.6) is 0 Å². The molecule has 5 heteroatoms. The van der Waals surface area contributed by atoms with Gasteiger partial charge in [-0.15, -0.1) is 11.8 Å². The lowest BCUT2D eigenvalue weighted by Crippen LogP contribution is -2.40. The Bertz CT molecular complexity index is 262. The van der Waals surface area contributed by atoms with E-state index in [9.17, 15) is 4.79 Å². The first-order valence-corrected chi connectivity index (χ1v) is 8.05. The zero-order valence-electron chi connectivity index (χ0n) is 10.9. The molecule has 4 nitrogen and oxygen atoms in total. The van der Waals surface area contributed by atoms with Gasteiger partial charge in [0.15, 0.2) is 0 Å². The van der Waals surface area contributed by atoms with Crippen molar-refractivity contribution in [1.82, 2.24) is 10.2 Å². The quantitative estimate of drug-likeness (QED) is 0.791. The van der Waals surface area contributed by atoms with Crippen LogP contribution in [0, 0.1) is 5.92 Å². The average molecular weight is 272 g/mol. The fourth-order valence-corrected chi connectivity index (χ4v) is 3.74. The molecule has 0 radical (unpaired) electrons. The second-order valence-electron chi connectivity index (χ2n) is 5.27. The van der Waals surface area contributed by atoms with E-state index in [1.54, 1.807) is 0 Å². The van der Waals surface area contributed by atoms with E-state index in [0.29, 0.717) is 16.9 Å². The van der Waals surface area contributed by atoms with Gasteiger partial charge in [0.1, 0.15) is 0 Å². The molecule has 0 aliphatic carbocycles. The molecular weight excluding hydrogens is 248 g/mol. The molecule has 2 rings (SSSR count). The van der Waals surface area contributed by atoms with Crippen LogP contribution in [0.15, 0.2) is 0 Å². The monoisotopic (exact) mass is 272 g/mol. The predicted octanol–water partition coefficient (Wildman–Crippen LogP) is 0.703. The van der Waals surface area contributed by atoms with E-state index in [0.717, 1.165) is 39.0 Å². The van der Waals surface area contributed by atoms with Gasteiger partial charge in [0.25, 0.3) is 0 Å². The van der Waals surface area contributed by atoms with Crippen molar-refractivity contribution >= 4 is 17.7 Å². The van der Waals surface area contributed by atoms with Gasteiger partial charge in [0.2, 0.25) is 5.91 Å². The van der Waals surface area contributed by atoms with Gasteiger partial charge >= 0.3 is 0 Å². The molecule has 18 heavy (non-hydrogen) atoms. The first-order chi connectivity index (χ1) is 8.79. The van der Waals surface area contributed by atoms with Crippen LogP contribution in [0.25, 0.3) is 0 Å². The van der Waals surface area contributed by atoms with Crippen molar-refractivity contribution < 1.29 is 9.90 Å². The molecule has 2 N–H and O–H groups in total. The Morgan fingerprint density at radius 3 is 2.50 bits per heavy atom. The molecule has 0 aromatic carbocycles. The standard InChI is InChI=1S/C13H24N2O2S/c16-9-11-3-7-15(8-4-11)13(17)10-18-12-1-5-14-6-2-12/h11-12,14,16H,1-10H2. The highest BCUT2D eigenvalue weighted by Crippen LogP contribution is 2.22. The molecule has 1 amide bonds. The molecule has 104 valence electrons. The fourth-order valence-electron chi connectivity index (χ4n) is 2.61. The topological polar surface area (TPSA) is 52.6 Å². The number of piperidine rings is 2. The Kier molecular flexibility index (Phi) is 5.79. The van der Waals surface area contributed by atoms with Gasteiger partial charge in [-0.1, -0.05) is 0 Å². The predicted molar refractivity (Wildman–Crippen MR) is 74.7 cm³/mol. The van der Waals surface area contributed by atoms with Gasteiger partial charge in [-0.2, -0.15) is 0 Å². The van der Waals surface area contributed by atoms with E-state index in [-0.39, 0.29) is 12.5 Å². The van der Waals surface area contributed by atoms with Gasteiger partial charge < -0.3 is 15.3 Å². The maximum Gasteiger partial charge on any atom is 0.232 e. The van der Waals surface area contributed by atoms with Gasteiger partial charge in [0, 0.05) is 24.9 Å². The Morgan fingerprint density at radius 2 is 1.89 bits per heavy atom. The second kappa shape index (κ2) is 7.36. The van der Waals surface area contributed by atoms with Crippen LogP contribution in [0.2, 0.25) is 0 Å². The summed E-state index contributed by atoms with van der Waals surface area (Å²) in [6.07, 6.45) is 4.29. The van der Waals surface area contributed by atoms with Crippen LogP contribution in [-0.4, -0.2) is 59.7 Å². The van der Waals surface area contributed by atoms with Crippen molar-refractivity contribution in [2.24, 2.45) is 5.92 Å². The minimum absolute atomic E-state index is 0.270. The summed E-state index contributed by atoms with van der Waals surface area (Å²) >= 11 is 1.83. The molecule has 0 saturated carbocycles. The van der Waals surface area contributed by atoms with E-state index in [1.165, 1.54) is 12.8 Å². The Morgan fingerprint density at radius 1 is 1.22 bits per heavy atom. The van der Waals surface area contributed by atoms with Crippen LogP contribution in [0.4, 0.5) is 0 Å². The Labute approximate surface area is 113 Å². The molecule has 2 aliphatic rings. The van der Waals surface area contributed by atoms with E-state index in [1.807, 2.05) is 16.7 Å². The lowest BCUT2D eigenvalue weighted by Gasteiger charge is -2.31. The smallest absolute Gasteiger partial charge is 0.232 e. The van der Waals surface area contributed by atoms with Crippen LogP contribution >= 0.6 is 11.8 Å². The first kappa shape index (κ1) is 14.2. The van der Waals surface area contributed by atoms with Crippen LogP contribution in [0.1, 0.15) is 25.7 Å². The summed E-state index contributed by atoms with van der Waals surface area (Å²) < 4.78 is 0. The molecule has 0 atom stereocenters. The lowest BCUT2D eigenvalue weighted by atomic mass is 9.98. The maximum atomic E-state index is 12.1. The molecular formula is C13H24N2O2S. The summed E-state index contributed by atoms with van der Waals surface area (Å²) in [4.78, 5) is 14.0. The summed E-state index contributed by atoms with van der Waals surface area (Å²) in [6.45, 7) is 4.11. The van der Waals surface area contributed by atoms with Gasteiger partial charge in [0.05, 0.1) is 5.75 Å². The first-order valence-electron chi connectivity index (χ1n) is 7.00. The zero-order chi connectivity index (χ0) is 12.8. The van der Waals surface area contributed by atoms with Gasteiger partial charge in [-0.3, -0.25) is 4.79 Å². The highest BCUT2D eigenvalue weighted by Gasteiger charge is 2.23. The number of nitrogens with zero attached hydrogens (tertiary/aromatic N) is 1. The fraction of sp³-hybridized carbons (Fsp3) is 0.923. The number of aliphatic hydroxyl groups excluding tert-OH is 1.